The molecule has 0 saturated heterocycles. The Bertz CT molecular complexity index is 669. The van der Waals surface area contributed by atoms with Gasteiger partial charge in [-0.15, -0.1) is 0 Å². The first-order valence-corrected chi connectivity index (χ1v) is 10.4. The lowest BCUT2D eigenvalue weighted by Crippen LogP contribution is -2.45. The average Bonchev–Trinajstić information content (AvgIpc) is 2.95. The van der Waals surface area contributed by atoms with Crippen LogP contribution in [-0.2, 0) is 19.1 Å². The molecule has 0 aromatic carbocycles. The van der Waals surface area contributed by atoms with Crippen molar-refractivity contribution < 1.29 is 19.1 Å². The van der Waals surface area contributed by atoms with Crippen LogP contribution >= 0.6 is 0 Å². The summed E-state index contributed by atoms with van der Waals surface area (Å²) in [7, 11) is 0. The maximum absolute atomic E-state index is 13.3. The van der Waals surface area contributed by atoms with E-state index in [1.165, 1.54) is 6.92 Å². The SMILES string of the molecule is CC(=O)O[C@@H]1CC[C@@]2(C)[C@@H]3CC[C@@]4(C)C(=O)CC[C@@H]4[C@@H]3C[C@]2(C)C(=O)C1. The molecule has 4 aliphatic rings. The van der Waals surface area contributed by atoms with Gasteiger partial charge in [0.15, 0.2) is 0 Å². The lowest BCUT2D eigenvalue weighted by Gasteiger charge is -2.48. The molecule has 0 unspecified atom stereocenters. The molecule has 144 valence electrons. The van der Waals surface area contributed by atoms with E-state index >= 15 is 0 Å². The zero-order valence-electron chi connectivity index (χ0n) is 16.6. The molecule has 0 aliphatic heterocycles. The molecule has 26 heavy (non-hydrogen) atoms. The Morgan fingerprint density at radius 2 is 1.73 bits per heavy atom. The topological polar surface area (TPSA) is 60.4 Å². The molecule has 0 spiro atoms. The van der Waals surface area contributed by atoms with Crippen molar-refractivity contribution in [3.63, 3.8) is 0 Å². The zero-order chi connectivity index (χ0) is 18.9. The first-order chi connectivity index (χ1) is 12.1. The fourth-order valence-corrected chi connectivity index (χ4v) is 7.47. The minimum Gasteiger partial charge on any atom is -0.462 e. The van der Waals surface area contributed by atoms with Gasteiger partial charge in [-0.05, 0) is 61.7 Å². The van der Waals surface area contributed by atoms with Crippen LogP contribution in [0.5, 0.6) is 0 Å². The number of esters is 1. The van der Waals surface area contributed by atoms with Crippen LogP contribution in [0, 0.1) is 34.0 Å². The van der Waals surface area contributed by atoms with Gasteiger partial charge in [0.25, 0.3) is 0 Å². The molecule has 4 heteroatoms. The van der Waals surface area contributed by atoms with Gasteiger partial charge in [-0.25, -0.2) is 0 Å². The molecule has 0 N–H and O–H groups in total. The second kappa shape index (κ2) is 5.65. The maximum atomic E-state index is 13.3. The van der Waals surface area contributed by atoms with Crippen molar-refractivity contribution in [3.8, 4) is 0 Å². The molecule has 0 heterocycles. The van der Waals surface area contributed by atoms with E-state index in [-0.39, 0.29) is 34.1 Å². The number of hydrogen-bond acceptors (Lipinski definition) is 4. The molecular formula is C22H32O4. The highest BCUT2D eigenvalue weighted by Gasteiger charge is 2.67. The van der Waals surface area contributed by atoms with Gasteiger partial charge in [0.1, 0.15) is 17.7 Å². The highest BCUT2D eigenvalue weighted by Crippen LogP contribution is 2.71. The number of carbonyl (C=O) groups excluding carboxylic acids is 3. The molecule has 4 aliphatic carbocycles. The van der Waals surface area contributed by atoms with Crippen LogP contribution in [0.1, 0.15) is 79.1 Å². The van der Waals surface area contributed by atoms with Gasteiger partial charge >= 0.3 is 5.97 Å². The lowest BCUT2D eigenvalue weighted by atomic mass is 9.55. The summed E-state index contributed by atoms with van der Waals surface area (Å²) in [5.74, 6) is 1.88. The zero-order valence-corrected chi connectivity index (χ0v) is 16.6. The molecule has 0 radical (unpaired) electrons. The summed E-state index contributed by atoms with van der Waals surface area (Å²) in [6.07, 6.45) is 6.48. The van der Waals surface area contributed by atoms with Gasteiger partial charge in [-0.3, -0.25) is 14.4 Å². The fraction of sp³-hybridized carbons (Fsp3) is 0.864. The molecule has 4 saturated carbocycles. The molecule has 0 aromatic rings. The second-order valence-corrected chi connectivity index (χ2v) is 10.1. The monoisotopic (exact) mass is 360 g/mol. The Kier molecular flexibility index (Phi) is 3.95. The number of fused-ring (bicyclic) bond motifs is 5. The summed E-state index contributed by atoms with van der Waals surface area (Å²) in [5.41, 5.74) is -0.550. The maximum Gasteiger partial charge on any atom is 0.302 e. The average molecular weight is 360 g/mol. The minimum absolute atomic E-state index is 0.0450. The van der Waals surface area contributed by atoms with Gasteiger partial charge in [0.05, 0.1) is 0 Å². The van der Waals surface area contributed by atoms with E-state index < -0.39 is 0 Å². The highest BCUT2D eigenvalue weighted by atomic mass is 16.5. The van der Waals surface area contributed by atoms with Crippen molar-refractivity contribution in [3.05, 3.63) is 0 Å². The van der Waals surface area contributed by atoms with Gasteiger partial charge < -0.3 is 4.74 Å². The Hall–Kier alpha value is -1.19. The molecular weight excluding hydrogens is 328 g/mol. The van der Waals surface area contributed by atoms with Gasteiger partial charge in [-0.1, -0.05) is 20.8 Å². The summed E-state index contributed by atoms with van der Waals surface area (Å²) < 4.78 is 5.43. The van der Waals surface area contributed by atoms with E-state index in [2.05, 4.69) is 20.8 Å². The van der Waals surface area contributed by atoms with Crippen molar-refractivity contribution in [2.75, 3.05) is 0 Å². The number of rotatable bonds is 1. The Labute approximate surface area is 156 Å². The first-order valence-electron chi connectivity index (χ1n) is 10.4. The third-order valence-corrected chi connectivity index (χ3v) is 9.22. The normalized spacial score (nSPS) is 50.6. The van der Waals surface area contributed by atoms with Crippen molar-refractivity contribution in [1.82, 2.24) is 0 Å². The highest BCUT2D eigenvalue weighted by molar-refractivity contribution is 5.88. The van der Waals surface area contributed by atoms with E-state index in [4.69, 9.17) is 4.74 Å². The van der Waals surface area contributed by atoms with E-state index in [1.54, 1.807) is 0 Å². The summed E-state index contributed by atoms with van der Waals surface area (Å²) in [4.78, 5) is 37.3. The van der Waals surface area contributed by atoms with E-state index in [0.717, 1.165) is 44.9 Å². The van der Waals surface area contributed by atoms with Crippen LogP contribution in [0.2, 0.25) is 0 Å². The van der Waals surface area contributed by atoms with Crippen LogP contribution < -0.4 is 0 Å². The van der Waals surface area contributed by atoms with Crippen LogP contribution in [-0.4, -0.2) is 23.6 Å². The fourth-order valence-electron chi connectivity index (χ4n) is 7.47. The minimum atomic E-state index is -0.353. The third kappa shape index (κ3) is 2.23. The van der Waals surface area contributed by atoms with Crippen LogP contribution in [0.25, 0.3) is 0 Å². The molecule has 0 amide bonds. The Balaban J connectivity index is 1.66. The molecule has 7 atom stereocenters. The number of ketones is 2. The lowest BCUT2D eigenvalue weighted by molar-refractivity contribution is -0.148. The molecule has 4 nitrogen and oxygen atoms in total. The van der Waals surface area contributed by atoms with Gasteiger partial charge in [0, 0.05) is 30.6 Å². The van der Waals surface area contributed by atoms with E-state index in [9.17, 15) is 14.4 Å². The predicted molar refractivity (Wildman–Crippen MR) is 97.3 cm³/mol. The van der Waals surface area contributed by atoms with Crippen LogP contribution in [0.4, 0.5) is 0 Å². The van der Waals surface area contributed by atoms with Gasteiger partial charge in [0.2, 0.25) is 0 Å². The van der Waals surface area contributed by atoms with Crippen molar-refractivity contribution in [2.24, 2.45) is 34.0 Å². The summed E-state index contributed by atoms with van der Waals surface area (Å²) >= 11 is 0. The number of ether oxygens (including phenoxy) is 1. The molecule has 0 bridgehead atoms. The quantitative estimate of drug-likeness (QED) is 0.661. The van der Waals surface area contributed by atoms with Crippen molar-refractivity contribution in [1.29, 1.82) is 0 Å². The van der Waals surface area contributed by atoms with Gasteiger partial charge in [-0.2, -0.15) is 0 Å². The summed E-state index contributed by atoms with van der Waals surface area (Å²) in [5, 5.41) is 0. The summed E-state index contributed by atoms with van der Waals surface area (Å²) in [6.45, 7) is 8.08. The Morgan fingerprint density at radius 3 is 2.42 bits per heavy atom. The second-order valence-electron chi connectivity index (χ2n) is 10.1. The molecule has 0 aromatic heterocycles. The Morgan fingerprint density at radius 1 is 1.00 bits per heavy atom. The van der Waals surface area contributed by atoms with Crippen molar-refractivity contribution in [2.45, 2.75) is 85.2 Å². The van der Waals surface area contributed by atoms with E-state index in [1.807, 2.05) is 0 Å². The van der Waals surface area contributed by atoms with Crippen molar-refractivity contribution >= 4 is 17.5 Å². The number of hydrogen-bond donors (Lipinski definition) is 0. The summed E-state index contributed by atoms with van der Waals surface area (Å²) in [6, 6.07) is 0. The third-order valence-electron chi connectivity index (χ3n) is 9.22. The van der Waals surface area contributed by atoms with Crippen LogP contribution in [0.15, 0.2) is 0 Å². The molecule has 4 rings (SSSR count). The van der Waals surface area contributed by atoms with Crippen LogP contribution in [0.3, 0.4) is 0 Å². The standard InChI is InChI=1S/C22H32O4/c1-13(23)26-14-7-10-21(3)17-8-9-20(2)16(5-6-18(20)24)15(17)12-22(21,4)19(25)11-14/h14-17H,5-12H2,1-4H3/t14-,15+,16-,17-,20-,21+,22-/m1/s1. The predicted octanol–water partition coefficient (Wildman–Crippen LogP) is 4.10. The number of carbonyl (C=O) groups is 3. The van der Waals surface area contributed by atoms with E-state index in [0.29, 0.717) is 30.0 Å². The largest absolute Gasteiger partial charge is 0.462 e. The first kappa shape index (κ1) is 18.2. The molecule has 4 fully saturated rings. The smallest absolute Gasteiger partial charge is 0.302 e. The number of Topliss-reactive ketones (excluding diaryl/α,β-unsaturated/α-hetero) is 2.